The van der Waals surface area contributed by atoms with E-state index in [0.717, 1.165) is 18.3 Å². The Morgan fingerprint density at radius 1 is 0.938 bits per heavy atom. The summed E-state index contributed by atoms with van der Waals surface area (Å²) in [6, 6.07) is 0. The van der Waals surface area contributed by atoms with Crippen molar-refractivity contribution in [3.8, 4) is 0 Å². The average Bonchev–Trinajstić information content (AvgIpc) is 2.26. The molecule has 0 aromatic heterocycles. The van der Waals surface area contributed by atoms with Gasteiger partial charge in [-0.3, -0.25) is 0 Å². The summed E-state index contributed by atoms with van der Waals surface area (Å²) in [5.41, 5.74) is 0.641. The highest BCUT2D eigenvalue weighted by molar-refractivity contribution is 7.23. The van der Waals surface area contributed by atoms with Gasteiger partial charge in [0.25, 0.3) is 0 Å². The van der Waals surface area contributed by atoms with Crippen LogP contribution in [0.1, 0.15) is 45.4 Å². The molecule has 0 aromatic carbocycles. The van der Waals surface area contributed by atoms with Gasteiger partial charge in [0.05, 0.1) is 0 Å². The molecular weight excluding hydrogens is 237 g/mol. The Labute approximate surface area is 104 Å². The quantitative estimate of drug-likeness (QED) is 0.625. The van der Waals surface area contributed by atoms with Gasteiger partial charge in [-0.2, -0.15) is 0 Å². The Balaban J connectivity index is 1.90. The van der Waals surface area contributed by atoms with E-state index in [1.54, 1.807) is 0 Å². The Morgan fingerprint density at radius 3 is 2.12 bits per heavy atom. The lowest BCUT2D eigenvalue weighted by Gasteiger charge is -2.40. The molecule has 0 N–H and O–H groups in total. The van der Waals surface area contributed by atoms with Gasteiger partial charge in [0.15, 0.2) is 0 Å². The second kappa shape index (κ2) is 5.62. The minimum atomic E-state index is -0.592. The molecule has 2 aliphatic carbocycles. The normalized spacial score (nSPS) is 50.2. The molecule has 6 unspecified atom stereocenters. The number of hydrogen-bond donors (Lipinski definition) is 0. The van der Waals surface area contributed by atoms with Crippen molar-refractivity contribution in [3.63, 3.8) is 0 Å². The van der Waals surface area contributed by atoms with Crippen molar-refractivity contribution in [2.45, 2.75) is 62.9 Å². The molecule has 2 aliphatic rings. The molecule has 94 valence electrons. The molecule has 0 spiro atoms. The van der Waals surface area contributed by atoms with E-state index in [1.165, 1.54) is 32.1 Å². The van der Waals surface area contributed by atoms with Crippen molar-refractivity contribution in [2.75, 3.05) is 0 Å². The van der Waals surface area contributed by atoms with Crippen LogP contribution in [-0.2, 0) is 0 Å². The van der Waals surface area contributed by atoms with Crippen molar-refractivity contribution >= 4 is 18.5 Å². The predicted molar refractivity (Wildman–Crippen MR) is 75.7 cm³/mol. The molecule has 2 saturated carbocycles. The molecule has 0 aliphatic heterocycles. The SMILES string of the molecule is CC1CCC(C2CC(F)C(P)C(P)C2)CC1. The topological polar surface area (TPSA) is 0 Å². The highest BCUT2D eigenvalue weighted by Gasteiger charge is 2.37. The summed E-state index contributed by atoms with van der Waals surface area (Å²) >= 11 is 0. The van der Waals surface area contributed by atoms with E-state index in [4.69, 9.17) is 0 Å². The summed E-state index contributed by atoms with van der Waals surface area (Å²) in [7, 11) is 5.56. The van der Waals surface area contributed by atoms with Gasteiger partial charge in [0.1, 0.15) is 6.17 Å². The third-order valence-corrected chi connectivity index (χ3v) is 6.82. The van der Waals surface area contributed by atoms with Crippen molar-refractivity contribution in [1.82, 2.24) is 0 Å². The number of halogens is 1. The maximum absolute atomic E-state index is 13.9. The zero-order valence-electron chi connectivity index (χ0n) is 10.2. The third-order valence-electron chi connectivity index (χ3n) is 4.74. The van der Waals surface area contributed by atoms with E-state index in [-0.39, 0.29) is 5.66 Å². The van der Waals surface area contributed by atoms with Crippen molar-refractivity contribution in [2.24, 2.45) is 17.8 Å². The van der Waals surface area contributed by atoms with Gasteiger partial charge in [-0.1, -0.05) is 19.8 Å². The monoisotopic (exact) mass is 262 g/mol. The first-order valence-electron chi connectivity index (χ1n) is 6.73. The summed E-state index contributed by atoms with van der Waals surface area (Å²) in [4.78, 5) is 0. The maximum Gasteiger partial charge on any atom is 0.107 e. The first kappa shape index (κ1) is 13.2. The molecule has 0 saturated heterocycles. The zero-order chi connectivity index (χ0) is 11.7. The molecule has 16 heavy (non-hydrogen) atoms. The lowest BCUT2D eigenvalue weighted by atomic mass is 9.71. The molecule has 6 atom stereocenters. The van der Waals surface area contributed by atoms with Crippen molar-refractivity contribution in [3.05, 3.63) is 0 Å². The first-order valence-corrected chi connectivity index (χ1v) is 8.06. The second-order valence-electron chi connectivity index (χ2n) is 6.01. The molecule has 0 aromatic rings. The van der Waals surface area contributed by atoms with E-state index in [1.807, 2.05) is 0 Å². The Kier molecular flexibility index (Phi) is 4.65. The van der Waals surface area contributed by atoms with E-state index in [9.17, 15) is 4.39 Å². The van der Waals surface area contributed by atoms with Crippen molar-refractivity contribution in [1.29, 1.82) is 0 Å². The van der Waals surface area contributed by atoms with Gasteiger partial charge >= 0.3 is 0 Å². The van der Waals surface area contributed by atoms with Gasteiger partial charge in [-0.05, 0) is 49.1 Å². The highest BCUT2D eigenvalue weighted by atomic mass is 31.0. The number of rotatable bonds is 1. The van der Waals surface area contributed by atoms with Crippen LogP contribution in [0.5, 0.6) is 0 Å². The van der Waals surface area contributed by atoms with Crippen LogP contribution in [-0.4, -0.2) is 17.5 Å². The Morgan fingerprint density at radius 2 is 1.56 bits per heavy atom. The van der Waals surface area contributed by atoms with Crippen molar-refractivity contribution < 1.29 is 4.39 Å². The number of hydrogen-bond acceptors (Lipinski definition) is 0. The van der Waals surface area contributed by atoms with E-state index < -0.39 is 6.17 Å². The third kappa shape index (κ3) is 2.97. The van der Waals surface area contributed by atoms with Gasteiger partial charge in [-0.15, -0.1) is 18.5 Å². The van der Waals surface area contributed by atoms with Crippen LogP contribution in [0, 0.1) is 17.8 Å². The highest BCUT2D eigenvalue weighted by Crippen LogP contribution is 2.44. The Bertz CT molecular complexity index is 214. The molecule has 3 heteroatoms. The van der Waals surface area contributed by atoms with Gasteiger partial charge in [0, 0.05) is 5.66 Å². The van der Waals surface area contributed by atoms with E-state index in [0.29, 0.717) is 11.6 Å². The molecule has 2 rings (SSSR count). The summed E-state index contributed by atoms with van der Waals surface area (Å²) < 4.78 is 13.9. The van der Waals surface area contributed by atoms with Gasteiger partial charge in [-0.25, -0.2) is 4.39 Å². The van der Waals surface area contributed by atoms with Crippen LogP contribution in [0.15, 0.2) is 0 Å². The number of alkyl halides is 1. The van der Waals surface area contributed by atoms with Gasteiger partial charge < -0.3 is 0 Å². The van der Waals surface area contributed by atoms with Crippen LogP contribution >= 0.6 is 18.5 Å². The first-order chi connectivity index (χ1) is 7.58. The molecule has 0 nitrogen and oxygen atoms in total. The van der Waals surface area contributed by atoms with Crippen LogP contribution in [0.3, 0.4) is 0 Å². The fourth-order valence-electron chi connectivity index (χ4n) is 3.46. The molecule has 2 fully saturated rings. The fourth-order valence-corrected chi connectivity index (χ4v) is 4.36. The summed E-state index contributed by atoms with van der Waals surface area (Å²) in [5, 5.41) is 0. The fraction of sp³-hybridized carbons (Fsp3) is 1.00. The molecule has 0 heterocycles. The minimum Gasteiger partial charge on any atom is -0.247 e. The summed E-state index contributed by atoms with van der Waals surface area (Å²) in [6.45, 7) is 2.35. The molecule has 0 bridgehead atoms. The largest absolute Gasteiger partial charge is 0.247 e. The van der Waals surface area contributed by atoms with Crippen LogP contribution in [0.4, 0.5) is 4.39 Å². The van der Waals surface area contributed by atoms with Crippen LogP contribution in [0.25, 0.3) is 0 Å². The van der Waals surface area contributed by atoms with Gasteiger partial charge in [0.2, 0.25) is 0 Å². The lowest BCUT2D eigenvalue weighted by Crippen LogP contribution is -2.38. The lowest BCUT2D eigenvalue weighted by molar-refractivity contribution is 0.128. The zero-order valence-corrected chi connectivity index (χ0v) is 12.5. The second-order valence-corrected chi connectivity index (χ2v) is 7.63. The standard InChI is InChI=1S/C13H25FP2/c1-8-2-4-9(5-3-8)10-6-11(14)13(16)12(15)7-10/h8-13H,2-7,15-16H2,1H3. The predicted octanol–water partition coefficient (Wildman–Crippen LogP) is 4.05. The maximum atomic E-state index is 13.9. The summed E-state index contributed by atoms with van der Waals surface area (Å²) in [5.74, 6) is 2.37. The smallest absolute Gasteiger partial charge is 0.107 e. The Hall–Kier alpha value is 0.790. The van der Waals surface area contributed by atoms with Crippen LogP contribution < -0.4 is 0 Å². The van der Waals surface area contributed by atoms with E-state index >= 15 is 0 Å². The molecule has 0 radical (unpaired) electrons. The van der Waals surface area contributed by atoms with E-state index in [2.05, 4.69) is 25.4 Å². The average molecular weight is 262 g/mol. The molecular formula is C13H25FP2. The minimum absolute atomic E-state index is 0.170. The van der Waals surface area contributed by atoms with Crippen LogP contribution in [0.2, 0.25) is 0 Å². The molecule has 0 amide bonds. The summed E-state index contributed by atoms with van der Waals surface area (Å²) in [6.07, 6.45) is 6.87.